The Morgan fingerprint density at radius 3 is 2.54 bits per heavy atom. The molecular formula is C17H13ClN2O3S. The second-order valence-corrected chi connectivity index (χ2v) is 8.28. The number of anilines is 1. The van der Waals surface area contributed by atoms with E-state index in [2.05, 4.69) is 5.10 Å². The van der Waals surface area contributed by atoms with Gasteiger partial charge in [-0.1, -0.05) is 29.8 Å². The Kier molecular flexibility index (Phi) is 3.47. The lowest BCUT2D eigenvalue weighted by molar-refractivity contribution is -0.119. The number of rotatable bonds is 1. The van der Waals surface area contributed by atoms with E-state index in [1.165, 1.54) is 5.01 Å². The fraction of sp³-hybridized carbons (Fsp3) is 0.176. The van der Waals surface area contributed by atoms with E-state index < -0.39 is 15.8 Å². The maximum Gasteiger partial charge on any atom is 0.248 e. The molecule has 2 aromatic rings. The molecule has 24 heavy (non-hydrogen) atoms. The fourth-order valence-corrected chi connectivity index (χ4v) is 5.04. The number of fused-ring (bicyclic) bond motifs is 3. The van der Waals surface area contributed by atoms with E-state index >= 15 is 0 Å². The van der Waals surface area contributed by atoms with Gasteiger partial charge in [-0.3, -0.25) is 4.79 Å². The van der Waals surface area contributed by atoms with Gasteiger partial charge >= 0.3 is 0 Å². The van der Waals surface area contributed by atoms with Crippen molar-refractivity contribution in [1.82, 2.24) is 0 Å². The molecule has 7 heteroatoms. The highest BCUT2D eigenvalue weighted by atomic mass is 35.5. The predicted molar refractivity (Wildman–Crippen MR) is 92.1 cm³/mol. The number of nitrogens with zero attached hydrogens (tertiary/aromatic N) is 2. The highest BCUT2D eigenvalue weighted by Gasteiger charge is 2.40. The van der Waals surface area contributed by atoms with Crippen LogP contribution in [0.1, 0.15) is 12.0 Å². The molecule has 4 rings (SSSR count). The zero-order valence-electron chi connectivity index (χ0n) is 12.5. The molecule has 0 radical (unpaired) electrons. The minimum atomic E-state index is -3.39. The van der Waals surface area contributed by atoms with Crippen LogP contribution in [0.3, 0.4) is 0 Å². The molecule has 2 aliphatic heterocycles. The number of sulfone groups is 1. The summed E-state index contributed by atoms with van der Waals surface area (Å²) in [6.07, 6.45) is 0.120. The minimum Gasteiger partial charge on any atom is -0.273 e. The van der Waals surface area contributed by atoms with Crippen molar-refractivity contribution in [1.29, 1.82) is 0 Å². The number of hydrogen-bond donors (Lipinski definition) is 0. The van der Waals surface area contributed by atoms with Gasteiger partial charge in [-0.25, -0.2) is 13.4 Å². The van der Waals surface area contributed by atoms with E-state index in [9.17, 15) is 13.2 Å². The summed E-state index contributed by atoms with van der Waals surface area (Å²) in [5, 5.41) is 6.39. The number of hydrogen-bond acceptors (Lipinski definition) is 4. The van der Waals surface area contributed by atoms with E-state index in [-0.39, 0.29) is 23.0 Å². The first-order valence-corrected chi connectivity index (χ1v) is 9.48. The standard InChI is InChI=1S/C17H13ClN2O3S/c18-12-5-7-13(8-6-12)20-16(21)9-11-10-24(22,23)15-4-2-1-3-14(15)17(11)19-20/h1-8,11H,9-10H2. The summed E-state index contributed by atoms with van der Waals surface area (Å²) in [5.74, 6) is -0.704. The summed E-state index contributed by atoms with van der Waals surface area (Å²) < 4.78 is 24.9. The van der Waals surface area contributed by atoms with Crippen molar-refractivity contribution in [3.63, 3.8) is 0 Å². The average molecular weight is 361 g/mol. The molecular weight excluding hydrogens is 348 g/mol. The lowest BCUT2D eigenvalue weighted by atomic mass is 9.93. The van der Waals surface area contributed by atoms with E-state index in [0.29, 0.717) is 22.0 Å². The van der Waals surface area contributed by atoms with Crippen molar-refractivity contribution in [2.75, 3.05) is 10.8 Å². The van der Waals surface area contributed by atoms with Gasteiger partial charge in [-0.05, 0) is 30.3 Å². The second kappa shape index (κ2) is 5.43. The number of hydrazone groups is 1. The Bertz CT molecular complexity index is 968. The fourth-order valence-electron chi connectivity index (χ4n) is 3.14. The van der Waals surface area contributed by atoms with Crippen LogP contribution >= 0.6 is 11.6 Å². The quantitative estimate of drug-likeness (QED) is 0.785. The Balaban J connectivity index is 1.87. The zero-order chi connectivity index (χ0) is 16.9. The first-order valence-electron chi connectivity index (χ1n) is 7.45. The maximum atomic E-state index is 12.4. The van der Waals surface area contributed by atoms with Crippen molar-refractivity contribution in [2.24, 2.45) is 11.0 Å². The van der Waals surface area contributed by atoms with Crippen molar-refractivity contribution in [2.45, 2.75) is 11.3 Å². The van der Waals surface area contributed by atoms with Gasteiger partial charge in [0.25, 0.3) is 0 Å². The Morgan fingerprint density at radius 1 is 1.08 bits per heavy atom. The molecule has 0 saturated heterocycles. The van der Waals surface area contributed by atoms with Gasteiger partial charge in [-0.2, -0.15) is 5.10 Å². The van der Waals surface area contributed by atoms with Gasteiger partial charge in [-0.15, -0.1) is 0 Å². The average Bonchev–Trinajstić information content (AvgIpc) is 2.55. The van der Waals surface area contributed by atoms with Crippen molar-refractivity contribution in [3.05, 3.63) is 59.1 Å². The Labute approximate surface area is 144 Å². The van der Waals surface area contributed by atoms with Gasteiger partial charge < -0.3 is 0 Å². The number of carbonyl (C=O) groups is 1. The largest absolute Gasteiger partial charge is 0.273 e. The van der Waals surface area contributed by atoms with Crippen molar-refractivity contribution < 1.29 is 13.2 Å². The van der Waals surface area contributed by atoms with Gasteiger partial charge in [0.2, 0.25) is 5.91 Å². The molecule has 1 atom stereocenters. The van der Waals surface area contributed by atoms with Crippen LogP contribution < -0.4 is 5.01 Å². The molecule has 0 aromatic heterocycles. The SMILES string of the molecule is O=C1CC2CS(=O)(=O)c3ccccc3C2=NN1c1ccc(Cl)cc1. The minimum absolute atomic E-state index is 0.0803. The van der Waals surface area contributed by atoms with Crippen LogP contribution in [-0.2, 0) is 14.6 Å². The van der Waals surface area contributed by atoms with Crippen LogP contribution in [0.25, 0.3) is 0 Å². The molecule has 0 aliphatic carbocycles. The molecule has 0 bridgehead atoms. The third-order valence-corrected chi connectivity index (χ3v) is 6.36. The van der Waals surface area contributed by atoms with Crippen molar-refractivity contribution >= 4 is 38.7 Å². The molecule has 5 nitrogen and oxygen atoms in total. The van der Waals surface area contributed by atoms with Gasteiger partial charge in [0.15, 0.2) is 9.84 Å². The summed E-state index contributed by atoms with van der Waals surface area (Å²) in [6.45, 7) is 0. The van der Waals surface area contributed by atoms with Crippen LogP contribution in [-0.4, -0.2) is 25.8 Å². The van der Waals surface area contributed by atoms with Crippen LogP contribution in [0.15, 0.2) is 58.5 Å². The van der Waals surface area contributed by atoms with Crippen LogP contribution in [0.4, 0.5) is 5.69 Å². The number of halogens is 1. The predicted octanol–water partition coefficient (Wildman–Crippen LogP) is 2.88. The number of carbonyl (C=O) groups excluding carboxylic acids is 1. The molecule has 122 valence electrons. The highest BCUT2D eigenvalue weighted by Crippen LogP contribution is 2.34. The lowest BCUT2D eigenvalue weighted by Crippen LogP contribution is -2.42. The smallest absolute Gasteiger partial charge is 0.248 e. The van der Waals surface area contributed by atoms with Crippen molar-refractivity contribution in [3.8, 4) is 0 Å². The summed E-state index contributed by atoms with van der Waals surface area (Å²) in [7, 11) is -3.39. The van der Waals surface area contributed by atoms with E-state index in [1.54, 1.807) is 48.5 Å². The molecule has 0 fully saturated rings. The van der Waals surface area contributed by atoms with Crippen LogP contribution in [0, 0.1) is 5.92 Å². The first kappa shape index (κ1) is 15.4. The Morgan fingerprint density at radius 2 is 1.79 bits per heavy atom. The molecule has 0 saturated carbocycles. The summed E-state index contributed by atoms with van der Waals surface area (Å²) in [4.78, 5) is 12.7. The topological polar surface area (TPSA) is 66.8 Å². The zero-order valence-corrected chi connectivity index (χ0v) is 14.1. The molecule has 0 spiro atoms. The third-order valence-electron chi connectivity index (χ3n) is 4.24. The first-order chi connectivity index (χ1) is 11.5. The monoisotopic (exact) mass is 360 g/mol. The summed E-state index contributed by atoms with van der Waals surface area (Å²) in [6, 6.07) is 13.6. The molecule has 2 aromatic carbocycles. The normalized spacial score (nSPS) is 21.7. The molecule has 2 heterocycles. The maximum absolute atomic E-state index is 12.4. The number of amides is 1. The lowest BCUT2D eigenvalue weighted by Gasteiger charge is -2.33. The van der Waals surface area contributed by atoms with Gasteiger partial charge in [0, 0.05) is 22.9 Å². The summed E-state index contributed by atoms with van der Waals surface area (Å²) >= 11 is 5.89. The molecule has 2 aliphatic rings. The van der Waals surface area contributed by atoms with Gasteiger partial charge in [0.05, 0.1) is 22.0 Å². The second-order valence-electron chi connectivity index (χ2n) is 5.85. The molecule has 1 amide bonds. The van der Waals surface area contributed by atoms with E-state index in [1.807, 2.05) is 0 Å². The molecule has 0 N–H and O–H groups in total. The van der Waals surface area contributed by atoms with E-state index in [4.69, 9.17) is 11.6 Å². The van der Waals surface area contributed by atoms with E-state index in [0.717, 1.165) is 0 Å². The number of benzene rings is 2. The van der Waals surface area contributed by atoms with Crippen LogP contribution in [0.2, 0.25) is 5.02 Å². The third kappa shape index (κ3) is 2.42. The summed E-state index contributed by atoms with van der Waals surface area (Å²) in [5.41, 5.74) is 1.84. The Hall–Kier alpha value is -2.18. The molecule has 1 unspecified atom stereocenters. The van der Waals surface area contributed by atoms with Crippen LogP contribution in [0.5, 0.6) is 0 Å². The highest BCUT2D eigenvalue weighted by molar-refractivity contribution is 7.91. The van der Waals surface area contributed by atoms with Gasteiger partial charge in [0.1, 0.15) is 0 Å².